The summed E-state index contributed by atoms with van der Waals surface area (Å²) >= 11 is 0. The minimum absolute atomic E-state index is 0.0153. The van der Waals surface area contributed by atoms with E-state index in [4.69, 9.17) is 10.8 Å². The van der Waals surface area contributed by atoms with Crippen molar-refractivity contribution >= 4 is 17.8 Å². The second kappa shape index (κ2) is 5.16. The van der Waals surface area contributed by atoms with Gasteiger partial charge in [0, 0.05) is 6.54 Å². The van der Waals surface area contributed by atoms with Crippen LogP contribution in [0.4, 0.5) is 0 Å². The monoisotopic (exact) mass is 270 g/mol. The van der Waals surface area contributed by atoms with Crippen LogP contribution in [0.5, 0.6) is 0 Å². The first kappa shape index (κ1) is 13.8. The average molecular weight is 270 g/mol. The van der Waals surface area contributed by atoms with Crippen molar-refractivity contribution in [1.29, 1.82) is 0 Å². The Balaban J connectivity index is 2.12. The SMILES string of the molecule is NC(CC(=O)O)C(=O)N1CC2CCCC2C1C(=O)O. The van der Waals surface area contributed by atoms with Crippen LogP contribution in [0.25, 0.3) is 0 Å². The van der Waals surface area contributed by atoms with Gasteiger partial charge in [-0.25, -0.2) is 4.79 Å². The van der Waals surface area contributed by atoms with Gasteiger partial charge in [0.2, 0.25) is 5.91 Å². The molecule has 0 aromatic rings. The van der Waals surface area contributed by atoms with Gasteiger partial charge in [-0.15, -0.1) is 0 Å². The van der Waals surface area contributed by atoms with Gasteiger partial charge in [0.15, 0.2) is 0 Å². The van der Waals surface area contributed by atoms with Crippen LogP contribution in [0.3, 0.4) is 0 Å². The summed E-state index contributed by atoms with van der Waals surface area (Å²) in [5.41, 5.74) is 5.55. The lowest BCUT2D eigenvalue weighted by molar-refractivity contribution is -0.150. The van der Waals surface area contributed by atoms with E-state index in [1.165, 1.54) is 4.90 Å². The predicted octanol–water partition coefficient (Wildman–Crippen LogP) is -0.500. The third-order valence-corrected chi connectivity index (χ3v) is 4.14. The highest BCUT2D eigenvalue weighted by molar-refractivity contribution is 5.90. The fourth-order valence-corrected chi connectivity index (χ4v) is 3.34. The molecule has 7 nitrogen and oxygen atoms in total. The quantitative estimate of drug-likeness (QED) is 0.633. The lowest BCUT2D eigenvalue weighted by Gasteiger charge is -2.26. The smallest absolute Gasteiger partial charge is 0.326 e. The van der Waals surface area contributed by atoms with Crippen LogP contribution < -0.4 is 5.73 Å². The fourth-order valence-electron chi connectivity index (χ4n) is 3.34. The summed E-state index contributed by atoms with van der Waals surface area (Å²) in [5, 5.41) is 17.9. The molecule has 1 saturated carbocycles. The molecule has 1 amide bonds. The van der Waals surface area contributed by atoms with E-state index in [1.54, 1.807) is 0 Å². The van der Waals surface area contributed by atoms with Crippen molar-refractivity contribution in [2.75, 3.05) is 6.54 Å². The summed E-state index contributed by atoms with van der Waals surface area (Å²) in [6.45, 7) is 0.383. The number of carboxylic acid groups (broad SMARTS) is 2. The Labute approximate surface area is 110 Å². The van der Waals surface area contributed by atoms with Gasteiger partial charge in [0.1, 0.15) is 6.04 Å². The van der Waals surface area contributed by atoms with Gasteiger partial charge in [-0.05, 0) is 24.7 Å². The van der Waals surface area contributed by atoms with Gasteiger partial charge in [-0.3, -0.25) is 9.59 Å². The highest BCUT2D eigenvalue weighted by Crippen LogP contribution is 2.42. The topological polar surface area (TPSA) is 121 Å². The number of amides is 1. The maximum absolute atomic E-state index is 12.1. The van der Waals surface area contributed by atoms with Crippen molar-refractivity contribution in [3.63, 3.8) is 0 Å². The molecule has 2 fully saturated rings. The molecule has 1 saturated heterocycles. The Kier molecular flexibility index (Phi) is 3.75. The number of fused-ring (bicyclic) bond motifs is 1. The standard InChI is InChI=1S/C12H18N2O5/c13-8(4-9(15)16)11(17)14-5-6-2-1-3-7(6)10(14)12(18)19/h6-8,10H,1-5,13H2,(H,15,16)(H,18,19). The Morgan fingerprint density at radius 3 is 2.53 bits per heavy atom. The normalized spacial score (nSPS) is 31.0. The highest BCUT2D eigenvalue weighted by atomic mass is 16.4. The maximum atomic E-state index is 12.1. The first-order valence-corrected chi connectivity index (χ1v) is 6.42. The molecule has 7 heteroatoms. The third kappa shape index (κ3) is 2.56. The third-order valence-electron chi connectivity index (χ3n) is 4.14. The molecule has 1 aliphatic heterocycles. The molecule has 2 rings (SSSR count). The summed E-state index contributed by atoms with van der Waals surface area (Å²) in [6.07, 6.45) is 2.24. The van der Waals surface area contributed by atoms with Crippen LogP contribution in [0, 0.1) is 11.8 Å². The Hall–Kier alpha value is -1.63. The number of hydrogen-bond acceptors (Lipinski definition) is 4. The molecule has 106 valence electrons. The Morgan fingerprint density at radius 2 is 1.95 bits per heavy atom. The van der Waals surface area contributed by atoms with Crippen molar-refractivity contribution in [3.8, 4) is 0 Å². The van der Waals surface area contributed by atoms with E-state index in [0.29, 0.717) is 6.54 Å². The molecule has 0 spiro atoms. The average Bonchev–Trinajstić information content (AvgIpc) is 2.84. The van der Waals surface area contributed by atoms with Crippen LogP contribution >= 0.6 is 0 Å². The van der Waals surface area contributed by atoms with Gasteiger partial charge in [0.25, 0.3) is 0 Å². The van der Waals surface area contributed by atoms with Crippen LogP contribution in [-0.2, 0) is 14.4 Å². The molecule has 0 radical (unpaired) electrons. The van der Waals surface area contributed by atoms with Gasteiger partial charge in [0.05, 0.1) is 12.5 Å². The second-order valence-electron chi connectivity index (χ2n) is 5.33. The zero-order chi connectivity index (χ0) is 14.2. The zero-order valence-corrected chi connectivity index (χ0v) is 10.5. The van der Waals surface area contributed by atoms with Crippen molar-refractivity contribution in [3.05, 3.63) is 0 Å². The van der Waals surface area contributed by atoms with Crippen LogP contribution in [0.15, 0.2) is 0 Å². The van der Waals surface area contributed by atoms with Crippen molar-refractivity contribution in [2.24, 2.45) is 17.6 Å². The number of carbonyl (C=O) groups is 3. The van der Waals surface area contributed by atoms with Crippen LogP contribution in [0.2, 0.25) is 0 Å². The van der Waals surface area contributed by atoms with Gasteiger partial charge >= 0.3 is 11.9 Å². The van der Waals surface area contributed by atoms with E-state index >= 15 is 0 Å². The number of carbonyl (C=O) groups excluding carboxylic acids is 1. The Morgan fingerprint density at radius 1 is 1.26 bits per heavy atom. The summed E-state index contributed by atoms with van der Waals surface area (Å²) in [5.74, 6) is -2.55. The number of aliphatic carboxylic acids is 2. The molecule has 1 aliphatic carbocycles. The highest BCUT2D eigenvalue weighted by Gasteiger charge is 2.50. The van der Waals surface area contributed by atoms with Gasteiger partial charge in [-0.1, -0.05) is 6.42 Å². The predicted molar refractivity (Wildman–Crippen MR) is 64.2 cm³/mol. The molecule has 2 aliphatic rings. The number of hydrogen-bond donors (Lipinski definition) is 3. The Bertz CT molecular complexity index is 411. The number of carboxylic acids is 2. The fraction of sp³-hybridized carbons (Fsp3) is 0.750. The summed E-state index contributed by atoms with van der Waals surface area (Å²) in [4.78, 5) is 35.3. The number of rotatable bonds is 4. The maximum Gasteiger partial charge on any atom is 0.326 e. The number of nitrogens with zero attached hydrogens (tertiary/aromatic N) is 1. The molecule has 4 atom stereocenters. The lowest BCUT2D eigenvalue weighted by Crippen LogP contribution is -2.50. The molecule has 0 bridgehead atoms. The van der Waals surface area contributed by atoms with E-state index in [9.17, 15) is 19.5 Å². The zero-order valence-electron chi connectivity index (χ0n) is 10.5. The molecule has 4 N–H and O–H groups in total. The molecule has 4 unspecified atom stereocenters. The van der Waals surface area contributed by atoms with E-state index in [-0.39, 0.29) is 11.8 Å². The molecule has 0 aromatic carbocycles. The van der Waals surface area contributed by atoms with Crippen molar-refractivity contribution in [1.82, 2.24) is 4.90 Å². The molecule has 1 heterocycles. The molecule has 0 aromatic heterocycles. The molecular formula is C12H18N2O5. The number of likely N-dealkylation sites (tertiary alicyclic amines) is 1. The molecule has 19 heavy (non-hydrogen) atoms. The minimum Gasteiger partial charge on any atom is -0.481 e. The summed E-state index contributed by atoms with van der Waals surface area (Å²) in [7, 11) is 0. The van der Waals surface area contributed by atoms with E-state index in [2.05, 4.69) is 0 Å². The summed E-state index contributed by atoms with van der Waals surface area (Å²) < 4.78 is 0. The van der Waals surface area contributed by atoms with E-state index < -0.39 is 36.4 Å². The first-order valence-electron chi connectivity index (χ1n) is 6.42. The lowest BCUT2D eigenvalue weighted by atomic mass is 9.94. The van der Waals surface area contributed by atoms with Gasteiger partial charge in [-0.2, -0.15) is 0 Å². The van der Waals surface area contributed by atoms with Crippen molar-refractivity contribution in [2.45, 2.75) is 37.8 Å². The van der Waals surface area contributed by atoms with Crippen molar-refractivity contribution < 1.29 is 24.6 Å². The van der Waals surface area contributed by atoms with Crippen LogP contribution in [0.1, 0.15) is 25.7 Å². The van der Waals surface area contributed by atoms with E-state index in [1.807, 2.05) is 0 Å². The van der Waals surface area contributed by atoms with Crippen LogP contribution in [-0.4, -0.2) is 51.6 Å². The largest absolute Gasteiger partial charge is 0.481 e. The minimum atomic E-state index is -1.17. The molecular weight excluding hydrogens is 252 g/mol. The number of nitrogens with two attached hydrogens (primary N) is 1. The second-order valence-corrected chi connectivity index (χ2v) is 5.33. The first-order chi connectivity index (χ1) is 8.91. The van der Waals surface area contributed by atoms with E-state index in [0.717, 1.165) is 19.3 Å². The summed E-state index contributed by atoms with van der Waals surface area (Å²) in [6, 6.07) is -2.02. The van der Waals surface area contributed by atoms with Gasteiger partial charge < -0.3 is 20.8 Å².